The highest BCUT2D eigenvalue weighted by Crippen LogP contribution is 2.31. The van der Waals surface area contributed by atoms with Crippen molar-refractivity contribution in [3.63, 3.8) is 0 Å². The van der Waals surface area contributed by atoms with Crippen LogP contribution in [0, 0.1) is 0 Å². The Labute approximate surface area is 189 Å². The minimum absolute atomic E-state index is 0.105. The van der Waals surface area contributed by atoms with Crippen LogP contribution in [0.15, 0.2) is 0 Å². The number of nitrogens with two attached hydrogens (primary N) is 4. The van der Waals surface area contributed by atoms with Gasteiger partial charge in [-0.2, -0.15) is 0 Å². The fourth-order valence-electron chi connectivity index (χ4n) is 4.37. The predicted molar refractivity (Wildman–Crippen MR) is 108 cm³/mol. The zero-order valence-electron chi connectivity index (χ0n) is 17.9. The third kappa shape index (κ3) is 5.32. The first-order valence-corrected chi connectivity index (χ1v) is 10.8. The van der Waals surface area contributed by atoms with Gasteiger partial charge in [0.2, 0.25) is 0 Å². The topological polar surface area (TPSA) is 283 Å². The van der Waals surface area contributed by atoms with Crippen molar-refractivity contribution in [3.05, 3.63) is 0 Å². The third-order valence-electron chi connectivity index (χ3n) is 6.48. The van der Waals surface area contributed by atoms with Crippen molar-refractivity contribution in [2.75, 3.05) is 13.2 Å². The quantitative estimate of drug-likeness (QED) is 0.167. The van der Waals surface area contributed by atoms with Crippen LogP contribution in [0.5, 0.6) is 0 Å². The normalized spacial score (nSPS) is 53.7. The molecule has 0 amide bonds. The fourth-order valence-corrected chi connectivity index (χ4v) is 4.37. The average molecular weight is 485 g/mol. The lowest BCUT2D eigenvalue weighted by atomic mass is 9.84. The first-order valence-electron chi connectivity index (χ1n) is 10.8. The second kappa shape index (κ2) is 11.0. The zero-order chi connectivity index (χ0) is 24.6. The highest BCUT2D eigenvalue weighted by Gasteiger charge is 2.52. The summed E-state index contributed by atoms with van der Waals surface area (Å²) in [7, 11) is 0. The van der Waals surface area contributed by atoms with E-state index in [0.29, 0.717) is 0 Å². The van der Waals surface area contributed by atoms with Crippen LogP contribution in [0.25, 0.3) is 0 Å². The van der Waals surface area contributed by atoms with Crippen molar-refractivity contribution in [3.8, 4) is 0 Å². The summed E-state index contributed by atoms with van der Waals surface area (Å²) in [6.07, 6.45) is -16.7. The Morgan fingerprint density at radius 2 is 1.24 bits per heavy atom. The Hall–Kier alpha value is -0.600. The SMILES string of the molecule is NC[C@@H]1O[C@@H](O[C@@H]2C(O[C@H]3O[C@@H](CO)[C@H](O)[C@@H](O)[C@@H]3O)[C@H](O)[C@@H](N)C[C@H]2N)[C@@H](N)[C@H](O)[C@H]1O. The number of ether oxygens (including phenoxy) is 4. The number of aliphatic hydroxyl groups is 7. The monoisotopic (exact) mass is 484 g/mol. The lowest BCUT2D eigenvalue weighted by Crippen LogP contribution is -2.69. The van der Waals surface area contributed by atoms with Gasteiger partial charge in [-0.15, -0.1) is 0 Å². The Balaban J connectivity index is 1.80. The molecule has 2 saturated heterocycles. The van der Waals surface area contributed by atoms with Crippen molar-refractivity contribution in [1.29, 1.82) is 0 Å². The van der Waals surface area contributed by atoms with Crippen molar-refractivity contribution < 1.29 is 54.7 Å². The number of hydrogen-bond acceptors (Lipinski definition) is 15. The summed E-state index contributed by atoms with van der Waals surface area (Å²) in [6, 6.07) is -2.87. The van der Waals surface area contributed by atoms with Crippen LogP contribution < -0.4 is 22.9 Å². The molecule has 15 atom stereocenters. The second-order valence-corrected chi connectivity index (χ2v) is 8.79. The molecule has 0 aromatic carbocycles. The minimum atomic E-state index is -1.74. The van der Waals surface area contributed by atoms with Crippen molar-refractivity contribution in [2.24, 2.45) is 22.9 Å². The van der Waals surface area contributed by atoms with E-state index in [2.05, 4.69) is 0 Å². The number of aliphatic hydroxyl groups excluding tert-OH is 7. The van der Waals surface area contributed by atoms with Crippen LogP contribution in [0.4, 0.5) is 0 Å². The lowest BCUT2D eigenvalue weighted by Gasteiger charge is -2.48. The Bertz CT molecular complexity index is 634. The lowest BCUT2D eigenvalue weighted by molar-refractivity contribution is -0.342. The smallest absolute Gasteiger partial charge is 0.187 e. The summed E-state index contributed by atoms with van der Waals surface area (Å²) in [6.45, 7) is -0.817. The fraction of sp³-hybridized carbons (Fsp3) is 1.00. The molecule has 15 N–H and O–H groups in total. The number of rotatable bonds is 6. The van der Waals surface area contributed by atoms with Crippen LogP contribution in [-0.4, -0.2) is 141 Å². The van der Waals surface area contributed by atoms with Crippen molar-refractivity contribution in [2.45, 2.75) is 98.2 Å². The van der Waals surface area contributed by atoms with Gasteiger partial charge in [-0.25, -0.2) is 0 Å². The molecule has 1 saturated carbocycles. The van der Waals surface area contributed by atoms with Gasteiger partial charge in [0, 0.05) is 18.6 Å². The molecule has 0 aromatic rings. The molecule has 3 fully saturated rings. The van der Waals surface area contributed by atoms with Crippen LogP contribution in [0.3, 0.4) is 0 Å². The highest BCUT2D eigenvalue weighted by atomic mass is 16.7. The molecule has 1 aliphatic carbocycles. The molecule has 1 unspecified atom stereocenters. The summed E-state index contributed by atoms with van der Waals surface area (Å²) in [5.41, 5.74) is 23.7. The molecule has 2 aliphatic heterocycles. The van der Waals surface area contributed by atoms with E-state index in [1.807, 2.05) is 0 Å². The van der Waals surface area contributed by atoms with Gasteiger partial charge >= 0.3 is 0 Å². The van der Waals surface area contributed by atoms with E-state index in [1.54, 1.807) is 0 Å². The summed E-state index contributed by atoms with van der Waals surface area (Å²) < 4.78 is 22.5. The van der Waals surface area contributed by atoms with Crippen LogP contribution in [0.1, 0.15) is 6.42 Å². The van der Waals surface area contributed by atoms with Gasteiger partial charge in [0.1, 0.15) is 54.9 Å². The molecule has 0 bridgehead atoms. The number of hydrogen-bond donors (Lipinski definition) is 11. The molecule has 2 heterocycles. The second-order valence-electron chi connectivity index (χ2n) is 8.79. The molecule has 3 rings (SSSR count). The van der Waals surface area contributed by atoms with E-state index in [9.17, 15) is 35.7 Å². The van der Waals surface area contributed by atoms with E-state index in [-0.39, 0.29) is 13.0 Å². The van der Waals surface area contributed by atoms with Crippen LogP contribution >= 0.6 is 0 Å². The third-order valence-corrected chi connectivity index (χ3v) is 6.48. The first kappa shape index (κ1) is 27.0. The van der Waals surface area contributed by atoms with E-state index in [0.717, 1.165) is 0 Å². The van der Waals surface area contributed by atoms with Crippen molar-refractivity contribution >= 4 is 0 Å². The molecule has 15 heteroatoms. The largest absolute Gasteiger partial charge is 0.394 e. The maximum atomic E-state index is 10.7. The van der Waals surface area contributed by atoms with Gasteiger partial charge in [-0.05, 0) is 6.42 Å². The Morgan fingerprint density at radius 1 is 0.667 bits per heavy atom. The van der Waals surface area contributed by atoms with Crippen LogP contribution in [-0.2, 0) is 18.9 Å². The van der Waals surface area contributed by atoms with Gasteiger partial charge in [-0.3, -0.25) is 0 Å². The van der Waals surface area contributed by atoms with E-state index in [4.69, 9.17) is 41.9 Å². The molecular formula is C18H36N4O11. The molecule has 33 heavy (non-hydrogen) atoms. The van der Waals surface area contributed by atoms with Crippen molar-refractivity contribution in [1.82, 2.24) is 0 Å². The molecule has 15 nitrogen and oxygen atoms in total. The molecule has 194 valence electrons. The Kier molecular flexibility index (Phi) is 8.99. The standard InChI is InChI=1S/C18H36N4O11/c19-2-6-10(25)12(27)8(22)17(30-6)32-15-5(21)1-4(20)9(24)16(15)33-18-14(29)13(28)11(26)7(3-23)31-18/h4-18,23-29H,1-3,19-22H2/t4-,5+,6-,7-,8-,9+,10-,11-,12-,13+,14-,15-,16?,17-,18+/m0/s1. The summed E-state index contributed by atoms with van der Waals surface area (Å²) in [5, 5.41) is 70.7. The molecule has 3 aliphatic rings. The van der Waals surface area contributed by atoms with Gasteiger partial charge < -0.3 is 77.6 Å². The zero-order valence-corrected chi connectivity index (χ0v) is 17.9. The maximum Gasteiger partial charge on any atom is 0.187 e. The summed E-state index contributed by atoms with van der Waals surface area (Å²) in [4.78, 5) is 0. The maximum absolute atomic E-state index is 10.7. The van der Waals surface area contributed by atoms with Gasteiger partial charge in [0.15, 0.2) is 12.6 Å². The van der Waals surface area contributed by atoms with E-state index >= 15 is 0 Å². The summed E-state index contributed by atoms with van der Waals surface area (Å²) in [5.74, 6) is 0. The summed E-state index contributed by atoms with van der Waals surface area (Å²) >= 11 is 0. The molecule has 0 aromatic heterocycles. The molecular weight excluding hydrogens is 448 g/mol. The van der Waals surface area contributed by atoms with Gasteiger partial charge in [-0.1, -0.05) is 0 Å². The van der Waals surface area contributed by atoms with Crippen LogP contribution in [0.2, 0.25) is 0 Å². The highest BCUT2D eigenvalue weighted by molar-refractivity contribution is 5.01. The minimum Gasteiger partial charge on any atom is -0.394 e. The predicted octanol–water partition coefficient (Wildman–Crippen LogP) is -7.29. The first-order chi connectivity index (χ1) is 15.5. The molecule has 0 radical (unpaired) electrons. The van der Waals surface area contributed by atoms with E-state index < -0.39 is 98.4 Å². The molecule has 0 spiro atoms. The Morgan fingerprint density at radius 3 is 1.85 bits per heavy atom. The van der Waals surface area contributed by atoms with Gasteiger partial charge in [0.05, 0.1) is 18.8 Å². The van der Waals surface area contributed by atoms with E-state index in [1.165, 1.54) is 0 Å². The average Bonchev–Trinajstić information content (AvgIpc) is 2.79. The van der Waals surface area contributed by atoms with Gasteiger partial charge in [0.25, 0.3) is 0 Å².